The number of carboxylic acids is 1. The van der Waals surface area contributed by atoms with E-state index in [1.165, 1.54) is 0 Å². The van der Waals surface area contributed by atoms with Crippen LogP contribution in [-0.2, 0) is 11.2 Å². The fourth-order valence-electron chi connectivity index (χ4n) is 2.84. The first-order valence-corrected chi connectivity index (χ1v) is 7.37. The first-order valence-electron chi connectivity index (χ1n) is 7.37. The van der Waals surface area contributed by atoms with Crippen LogP contribution in [0.1, 0.15) is 25.8 Å². The van der Waals surface area contributed by atoms with Gasteiger partial charge in [-0.05, 0) is 30.4 Å². The number of carbonyl (C=O) groups is 2. The summed E-state index contributed by atoms with van der Waals surface area (Å²) in [5.41, 5.74) is 1.88. The highest BCUT2D eigenvalue weighted by molar-refractivity contribution is 5.90. The lowest BCUT2D eigenvalue weighted by Crippen LogP contribution is -2.47. The van der Waals surface area contributed by atoms with Crippen molar-refractivity contribution < 1.29 is 14.7 Å². The minimum atomic E-state index is -0.826. The summed E-state index contributed by atoms with van der Waals surface area (Å²) < 4.78 is 0. The van der Waals surface area contributed by atoms with Gasteiger partial charge in [0.2, 0.25) is 0 Å². The summed E-state index contributed by atoms with van der Waals surface area (Å²) in [5, 5.41) is 12.1. The summed E-state index contributed by atoms with van der Waals surface area (Å²) >= 11 is 0. The Labute approximate surface area is 125 Å². The summed E-state index contributed by atoms with van der Waals surface area (Å²) in [6.07, 6.45) is 1.47. The molecule has 0 aromatic heterocycles. The Hall–Kier alpha value is -2.04. The second kappa shape index (κ2) is 6.61. The third-order valence-electron chi connectivity index (χ3n) is 3.94. The zero-order valence-corrected chi connectivity index (χ0v) is 12.5. The van der Waals surface area contributed by atoms with Crippen LogP contribution >= 0.6 is 0 Å². The number of benzene rings is 1. The van der Waals surface area contributed by atoms with E-state index >= 15 is 0 Å². The molecule has 1 aromatic carbocycles. The van der Waals surface area contributed by atoms with Gasteiger partial charge in [-0.1, -0.05) is 32.0 Å². The molecule has 5 nitrogen and oxygen atoms in total. The molecule has 21 heavy (non-hydrogen) atoms. The van der Waals surface area contributed by atoms with Gasteiger partial charge in [-0.2, -0.15) is 0 Å². The molecule has 0 aliphatic carbocycles. The predicted octanol–water partition coefficient (Wildman–Crippen LogP) is 2.82. The lowest BCUT2D eigenvalue weighted by atomic mass is 9.91. The highest BCUT2D eigenvalue weighted by Gasteiger charge is 2.31. The molecule has 1 aliphatic rings. The number of piperidine rings is 1. The van der Waals surface area contributed by atoms with Crippen LogP contribution in [0.15, 0.2) is 24.3 Å². The molecule has 0 bridgehead atoms. The van der Waals surface area contributed by atoms with E-state index in [-0.39, 0.29) is 18.5 Å². The number of hydrogen-bond donors (Lipinski definition) is 2. The molecule has 114 valence electrons. The molecule has 1 aliphatic heterocycles. The molecule has 1 fully saturated rings. The normalized spacial score (nSPS) is 21.9. The number of nitrogens with one attached hydrogen (secondary N) is 1. The summed E-state index contributed by atoms with van der Waals surface area (Å²) in [5.74, 6) is -1.10. The van der Waals surface area contributed by atoms with E-state index in [1.807, 2.05) is 38.1 Å². The number of likely N-dealkylation sites (tertiary alicyclic amines) is 1. The highest BCUT2D eigenvalue weighted by atomic mass is 16.4. The van der Waals surface area contributed by atoms with Crippen LogP contribution in [0.4, 0.5) is 10.5 Å². The molecule has 0 spiro atoms. The molecule has 2 amide bonds. The molecule has 2 atom stereocenters. The summed E-state index contributed by atoms with van der Waals surface area (Å²) in [6, 6.07) is 7.47. The maximum absolute atomic E-state index is 12.4. The van der Waals surface area contributed by atoms with Gasteiger partial charge < -0.3 is 15.3 Å². The van der Waals surface area contributed by atoms with E-state index in [9.17, 15) is 9.59 Å². The van der Waals surface area contributed by atoms with E-state index < -0.39 is 11.9 Å². The van der Waals surface area contributed by atoms with Gasteiger partial charge in [0.15, 0.2) is 0 Å². The van der Waals surface area contributed by atoms with Gasteiger partial charge in [-0.3, -0.25) is 4.79 Å². The highest BCUT2D eigenvalue weighted by Crippen LogP contribution is 2.23. The van der Waals surface area contributed by atoms with Gasteiger partial charge in [0.25, 0.3) is 0 Å². The average molecular weight is 290 g/mol. The average Bonchev–Trinajstić information content (AvgIpc) is 2.47. The van der Waals surface area contributed by atoms with E-state index in [0.717, 1.165) is 17.7 Å². The Morgan fingerprint density at radius 2 is 2.05 bits per heavy atom. The van der Waals surface area contributed by atoms with Crippen LogP contribution in [0.2, 0.25) is 0 Å². The molecule has 1 heterocycles. The van der Waals surface area contributed by atoms with Crippen molar-refractivity contribution in [3.63, 3.8) is 0 Å². The predicted molar refractivity (Wildman–Crippen MR) is 81.3 cm³/mol. The smallest absolute Gasteiger partial charge is 0.321 e. The summed E-state index contributed by atoms with van der Waals surface area (Å²) in [7, 11) is 0. The maximum atomic E-state index is 12.4. The number of hydrogen-bond acceptors (Lipinski definition) is 2. The zero-order valence-electron chi connectivity index (χ0n) is 12.5. The number of urea groups is 1. The summed E-state index contributed by atoms with van der Waals surface area (Å²) in [6.45, 7) is 4.90. The van der Waals surface area contributed by atoms with Crippen LogP contribution in [0, 0.1) is 11.8 Å². The van der Waals surface area contributed by atoms with Gasteiger partial charge in [0, 0.05) is 18.8 Å². The van der Waals surface area contributed by atoms with Gasteiger partial charge in [0.1, 0.15) is 0 Å². The Kier molecular flexibility index (Phi) is 4.83. The largest absolute Gasteiger partial charge is 0.481 e. The number of anilines is 1. The minimum absolute atomic E-state index is 0.201. The third kappa shape index (κ3) is 3.74. The first kappa shape index (κ1) is 15.4. The van der Waals surface area contributed by atoms with Crippen molar-refractivity contribution >= 4 is 17.7 Å². The SMILES string of the molecule is CCc1ccccc1NC(=O)N1CC(C)CC(C(=O)O)C1. The van der Waals surface area contributed by atoms with Crippen molar-refractivity contribution in [2.75, 3.05) is 18.4 Å². The van der Waals surface area contributed by atoms with Crippen LogP contribution in [0.5, 0.6) is 0 Å². The molecule has 2 N–H and O–H groups in total. The fraction of sp³-hybridized carbons (Fsp3) is 0.500. The minimum Gasteiger partial charge on any atom is -0.481 e. The standard InChI is InChI=1S/C16H22N2O3/c1-3-12-6-4-5-7-14(12)17-16(21)18-9-11(2)8-13(10-18)15(19)20/h4-7,11,13H,3,8-10H2,1-2H3,(H,17,21)(H,19,20). The van der Waals surface area contributed by atoms with Crippen molar-refractivity contribution in [3.05, 3.63) is 29.8 Å². The van der Waals surface area contributed by atoms with Crippen molar-refractivity contribution in [2.24, 2.45) is 11.8 Å². The van der Waals surface area contributed by atoms with Gasteiger partial charge >= 0.3 is 12.0 Å². The molecule has 1 aromatic rings. The Morgan fingerprint density at radius 3 is 2.71 bits per heavy atom. The molecule has 5 heteroatoms. The van der Waals surface area contributed by atoms with Crippen LogP contribution < -0.4 is 5.32 Å². The fourth-order valence-corrected chi connectivity index (χ4v) is 2.84. The lowest BCUT2D eigenvalue weighted by Gasteiger charge is -2.34. The number of aliphatic carboxylic acids is 1. The maximum Gasteiger partial charge on any atom is 0.321 e. The molecular formula is C16H22N2O3. The van der Waals surface area contributed by atoms with Crippen molar-refractivity contribution in [1.29, 1.82) is 0 Å². The van der Waals surface area contributed by atoms with E-state index in [4.69, 9.17) is 5.11 Å². The number of carbonyl (C=O) groups excluding carboxylic acids is 1. The topological polar surface area (TPSA) is 69.6 Å². The second-order valence-corrected chi connectivity index (χ2v) is 5.72. The number of carboxylic acid groups (broad SMARTS) is 1. The van der Waals surface area contributed by atoms with Crippen LogP contribution in [0.3, 0.4) is 0 Å². The first-order chi connectivity index (χ1) is 10.0. The summed E-state index contributed by atoms with van der Waals surface area (Å²) in [4.78, 5) is 25.2. The molecule has 1 saturated heterocycles. The van der Waals surface area contributed by atoms with Crippen molar-refractivity contribution in [2.45, 2.75) is 26.7 Å². The zero-order chi connectivity index (χ0) is 15.4. The van der Waals surface area contributed by atoms with Crippen LogP contribution in [-0.4, -0.2) is 35.1 Å². The number of nitrogens with zero attached hydrogens (tertiary/aromatic N) is 1. The molecule has 0 saturated carbocycles. The van der Waals surface area contributed by atoms with Crippen molar-refractivity contribution in [3.8, 4) is 0 Å². The lowest BCUT2D eigenvalue weighted by molar-refractivity contribution is -0.143. The Bertz CT molecular complexity index is 530. The van der Waals surface area contributed by atoms with E-state index in [2.05, 4.69) is 5.32 Å². The van der Waals surface area contributed by atoms with Crippen molar-refractivity contribution in [1.82, 2.24) is 4.90 Å². The second-order valence-electron chi connectivity index (χ2n) is 5.72. The molecule has 0 radical (unpaired) electrons. The molecular weight excluding hydrogens is 268 g/mol. The number of amides is 2. The number of aryl methyl sites for hydroxylation is 1. The van der Waals surface area contributed by atoms with Crippen LogP contribution in [0.25, 0.3) is 0 Å². The van der Waals surface area contributed by atoms with E-state index in [0.29, 0.717) is 13.0 Å². The molecule has 2 rings (SSSR count). The Balaban J connectivity index is 2.07. The quantitative estimate of drug-likeness (QED) is 0.899. The van der Waals surface area contributed by atoms with E-state index in [1.54, 1.807) is 4.90 Å². The third-order valence-corrected chi connectivity index (χ3v) is 3.94. The number of para-hydroxylation sites is 1. The monoisotopic (exact) mass is 290 g/mol. The van der Waals surface area contributed by atoms with Gasteiger partial charge in [-0.15, -0.1) is 0 Å². The van der Waals surface area contributed by atoms with Gasteiger partial charge in [-0.25, -0.2) is 4.79 Å². The molecule has 2 unspecified atom stereocenters. The Morgan fingerprint density at radius 1 is 1.33 bits per heavy atom. The number of rotatable bonds is 3. The van der Waals surface area contributed by atoms with Gasteiger partial charge in [0.05, 0.1) is 5.92 Å².